The van der Waals surface area contributed by atoms with Gasteiger partial charge >= 0.3 is 0 Å². The maximum absolute atomic E-state index is 12.7. The molecule has 0 bridgehead atoms. The Kier molecular flexibility index (Phi) is 3.82. The van der Waals surface area contributed by atoms with Gasteiger partial charge in [0.15, 0.2) is 0 Å². The third kappa shape index (κ3) is 2.54. The lowest BCUT2D eigenvalue weighted by Gasteiger charge is -2.49. The number of piperidine rings is 1. The van der Waals surface area contributed by atoms with Crippen molar-refractivity contribution in [2.75, 3.05) is 19.6 Å². The summed E-state index contributed by atoms with van der Waals surface area (Å²) in [5.74, 6) is 0.0205. The number of carbonyl (C=O) groups excluding carboxylic acids is 1. The standard InChI is InChI=1S/C18H22ClN3O/c1-12-6-4-5-9-22(12)13-10-21(11-13)18(23)17-16(19)14-7-2-3-8-15(14)20-17/h2-3,7-8,12-13,20H,4-6,9-11H2,1H3. The van der Waals surface area contributed by atoms with Gasteiger partial charge in [0.2, 0.25) is 0 Å². The van der Waals surface area contributed by atoms with Crippen LogP contribution in [0, 0.1) is 0 Å². The predicted octanol–water partition coefficient (Wildman–Crippen LogP) is 3.52. The number of rotatable bonds is 2. The van der Waals surface area contributed by atoms with Crippen LogP contribution in [-0.4, -0.2) is 52.4 Å². The molecule has 2 fully saturated rings. The molecule has 4 nitrogen and oxygen atoms in total. The van der Waals surface area contributed by atoms with Crippen LogP contribution in [0.1, 0.15) is 36.7 Å². The second-order valence-corrected chi connectivity index (χ2v) is 7.18. The smallest absolute Gasteiger partial charge is 0.271 e. The summed E-state index contributed by atoms with van der Waals surface area (Å²) in [7, 11) is 0. The van der Waals surface area contributed by atoms with Crippen LogP contribution in [0.2, 0.25) is 5.02 Å². The highest BCUT2D eigenvalue weighted by Gasteiger charge is 2.38. The fraction of sp³-hybridized carbons (Fsp3) is 0.500. The Morgan fingerprint density at radius 1 is 1.26 bits per heavy atom. The first-order valence-electron chi connectivity index (χ1n) is 8.46. The van der Waals surface area contributed by atoms with Crippen LogP contribution < -0.4 is 0 Å². The monoisotopic (exact) mass is 331 g/mol. The van der Waals surface area contributed by atoms with E-state index in [1.54, 1.807) is 0 Å². The van der Waals surface area contributed by atoms with E-state index in [1.807, 2.05) is 29.2 Å². The summed E-state index contributed by atoms with van der Waals surface area (Å²) in [6.45, 7) is 5.10. The number of likely N-dealkylation sites (tertiary alicyclic amines) is 2. The summed E-state index contributed by atoms with van der Waals surface area (Å²) < 4.78 is 0. The van der Waals surface area contributed by atoms with Crippen molar-refractivity contribution in [2.24, 2.45) is 0 Å². The number of nitrogens with zero attached hydrogens (tertiary/aromatic N) is 2. The molecule has 5 heteroatoms. The number of hydrogen-bond donors (Lipinski definition) is 1. The number of para-hydroxylation sites is 1. The number of aromatic nitrogens is 1. The fourth-order valence-electron chi connectivity index (χ4n) is 3.91. The van der Waals surface area contributed by atoms with Crippen molar-refractivity contribution in [3.63, 3.8) is 0 Å². The quantitative estimate of drug-likeness (QED) is 0.914. The largest absolute Gasteiger partial charge is 0.349 e. The first-order valence-corrected chi connectivity index (χ1v) is 8.84. The van der Waals surface area contributed by atoms with Crippen molar-refractivity contribution in [1.29, 1.82) is 0 Å². The van der Waals surface area contributed by atoms with Gasteiger partial charge in [0.25, 0.3) is 5.91 Å². The fourth-order valence-corrected chi connectivity index (χ4v) is 4.20. The summed E-state index contributed by atoms with van der Waals surface area (Å²) in [6, 6.07) is 8.93. The lowest BCUT2D eigenvalue weighted by Crippen LogP contribution is -2.63. The second-order valence-electron chi connectivity index (χ2n) is 6.81. The molecule has 3 heterocycles. The van der Waals surface area contributed by atoms with Crippen molar-refractivity contribution in [3.05, 3.63) is 35.0 Å². The van der Waals surface area contributed by atoms with Crippen LogP contribution >= 0.6 is 11.6 Å². The average molecular weight is 332 g/mol. The Balaban J connectivity index is 1.47. The normalized spacial score (nSPS) is 23.2. The van der Waals surface area contributed by atoms with Gasteiger partial charge in [0.1, 0.15) is 5.69 Å². The number of fused-ring (bicyclic) bond motifs is 1. The number of amides is 1. The van der Waals surface area contributed by atoms with Gasteiger partial charge in [0.05, 0.1) is 5.02 Å². The Morgan fingerprint density at radius 3 is 2.78 bits per heavy atom. The van der Waals surface area contributed by atoms with Gasteiger partial charge in [-0.1, -0.05) is 36.2 Å². The summed E-state index contributed by atoms with van der Waals surface area (Å²) >= 11 is 6.40. The van der Waals surface area contributed by atoms with Crippen LogP contribution in [0.25, 0.3) is 10.9 Å². The first kappa shape index (κ1) is 15.0. The number of carbonyl (C=O) groups is 1. The van der Waals surface area contributed by atoms with Gasteiger partial charge in [-0.2, -0.15) is 0 Å². The third-order valence-electron chi connectivity index (χ3n) is 5.33. The number of halogens is 1. The zero-order chi connectivity index (χ0) is 16.0. The van der Waals surface area contributed by atoms with E-state index in [0.717, 1.165) is 24.0 Å². The van der Waals surface area contributed by atoms with Crippen molar-refractivity contribution < 1.29 is 4.79 Å². The topological polar surface area (TPSA) is 39.3 Å². The number of hydrogen-bond acceptors (Lipinski definition) is 2. The molecule has 0 aliphatic carbocycles. The van der Waals surface area contributed by atoms with Crippen molar-refractivity contribution in [2.45, 2.75) is 38.3 Å². The highest BCUT2D eigenvalue weighted by molar-refractivity contribution is 6.38. The van der Waals surface area contributed by atoms with E-state index in [2.05, 4.69) is 16.8 Å². The Bertz CT molecular complexity index is 735. The molecule has 23 heavy (non-hydrogen) atoms. The number of benzene rings is 1. The number of nitrogens with one attached hydrogen (secondary N) is 1. The number of aromatic amines is 1. The SMILES string of the molecule is CC1CCCCN1C1CN(C(=O)c2[nH]c3ccccc3c2Cl)C1. The average Bonchev–Trinajstić information content (AvgIpc) is 2.85. The van der Waals surface area contributed by atoms with Crippen molar-refractivity contribution in [3.8, 4) is 0 Å². The molecule has 0 spiro atoms. The Morgan fingerprint density at radius 2 is 2.04 bits per heavy atom. The minimum atomic E-state index is 0.0205. The zero-order valence-corrected chi connectivity index (χ0v) is 14.1. The summed E-state index contributed by atoms with van der Waals surface area (Å²) in [5, 5.41) is 1.46. The van der Waals surface area contributed by atoms with Crippen LogP contribution in [0.4, 0.5) is 0 Å². The highest BCUT2D eigenvalue weighted by atomic mass is 35.5. The van der Waals surface area contributed by atoms with E-state index in [-0.39, 0.29) is 5.91 Å². The van der Waals surface area contributed by atoms with E-state index < -0.39 is 0 Å². The molecule has 1 amide bonds. The molecule has 1 aromatic carbocycles. The van der Waals surface area contributed by atoms with E-state index in [0.29, 0.717) is 22.8 Å². The maximum Gasteiger partial charge on any atom is 0.271 e. The summed E-state index contributed by atoms with van der Waals surface area (Å²) in [6.07, 6.45) is 3.89. The van der Waals surface area contributed by atoms with Gasteiger partial charge in [-0.25, -0.2) is 0 Å². The third-order valence-corrected chi connectivity index (χ3v) is 5.72. The molecule has 0 radical (unpaired) electrons. The minimum absolute atomic E-state index is 0.0205. The lowest BCUT2D eigenvalue weighted by atomic mass is 9.97. The molecule has 122 valence electrons. The maximum atomic E-state index is 12.7. The van der Waals surface area contributed by atoms with E-state index in [1.165, 1.54) is 25.8 Å². The van der Waals surface area contributed by atoms with E-state index in [9.17, 15) is 4.79 Å². The van der Waals surface area contributed by atoms with Crippen LogP contribution in [0.15, 0.2) is 24.3 Å². The molecular formula is C18H22ClN3O. The van der Waals surface area contributed by atoms with Crippen LogP contribution in [0.5, 0.6) is 0 Å². The highest BCUT2D eigenvalue weighted by Crippen LogP contribution is 2.30. The van der Waals surface area contributed by atoms with Crippen LogP contribution in [-0.2, 0) is 0 Å². The van der Waals surface area contributed by atoms with Gasteiger partial charge in [-0.05, 0) is 32.4 Å². The Labute approximate surface area is 141 Å². The molecule has 1 unspecified atom stereocenters. The molecule has 1 N–H and O–H groups in total. The predicted molar refractivity (Wildman–Crippen MR) is 93.0 cm³/mol. The molecule has 2 aliphatic rings. The van der Waals surface area contributed by atoms with E-state index in [4.69, 9.17) is 11.6 Å². The van der Waals surface area contributed by atoms with Crippen molar-refractivity contribution in [1.82, 2.24) is 14.8 Å². The molecule has 2 aromatic rings. The lowest BCUT2D eigenvalue weighted by molar-refractivity contribution is 0.00187. The number of H-pyrrole nitrogens is 1. The second kappa shape index (κ2) is 5.84. The van der Waals surface area contributed by atoms with Gasteiger partial charge in [0, 0.05) is 36.1 Å². The molecule has 1 aromatic heterocycles. The molecule has 4 rings (SSSR count). The van der Waals surface area contributed by atoms with Gasteiger partial charge in [-0.3, -0.25) is 9.69 Å². The molecule has 1 atom stereocenters. The molecular weight excluding hydrogens is 310 g/mol. The zero-order valence-electron chi connectivity index (χ0n) is 13.4. The van der Waals surface area contributed by atoms with Crippen molar-refractivity contribution >= 4 is 28.4 Å². The van der Waals surface area contributed by atoms with E-state index >= 15 is 0 Å². The molecule has 2 saturated heterocycles. The molecule has 2 aliphatic heterocycles. The minimum Gasteiger partial charge on any atom is -0.349 e. The molecule has 0 saturated carbocycles. The summed E-state index contributed by atoms with van der Waals surface area (Å²) in [4.78, 5) is 20.4. The summed E-state index contributed by atoms with van der Waals surface area (Å²) in [5.41, 5.74) is 1.44. The Hall–Kier alpha value is -1.52. The van der Waals surface area contributed by atoms with Crippen LogP contribution in [0.3, 0.4) is 0 Å². The first-order chi connectivity index (χ1) is 11.1. The van der Waals surface area contributed by atoms with Gasteiger partial charge in [-0.15, -0.1) is 0 Å². The van der Waals surface area contributed by atoms with Gasteiger partial charge < -0.3 is 9.88 Å².